The SMILES string of the molecule is CCN(CCN1C(=O)[C@H](C)S[C@H]1c1ccc(F)cc1)C(=O)C(C)C. The molecule has 132 valence electrons. The van der Waals surface area contributed by atoms with E-state index in [1.54, 1.807) is 33.7 Å². The third-order valence-corrected chi connectivity index (χ3v) is 5.59. The second-order valence-electron chi connectivity index (χ2n) is 6.29. The Morgan fingerprint density at radius 3 is 2.50 bits per heavy atom. The number of benzene rings is 1. The Morgan fingerprint density at radius 2 is 1.96 bits per heavy atom. The number of nitrogens with zero attached hydrogens (tertiary/aromatic N) is 2. The van der Waals surface area contributed by atoms with E-state index in [1.165, 1.54) is 12.1 Å². The fraction of sp³-hybridized carbons (Fsp3) is 0.556. The number of carbonyl (C=O) groups is 2. The van der Waals surface area contributed by atoms with Crippen LogP contribution in [0.15, 0.2) is 24.3 Å². The van der Waals surface area contributed by atoms with Gasteiger partial charge in [0.2, 0.25) is 11.8 Å². The topological polar surface area (TPSA) is 40.6 Å². The summed E-state index contributed by atoms with van der Waals surface area (Å²) >= 11 is 1.57. The third kappa shape index (κ3) is 4.09. The smallest absolute Gasteiger partial charge is 0.236 e. The summed E-state index contributed by atoms with van der Waals surface area (Å²) in [5.41, 5.74) is 0.914. The minimum atomic E-state index is -0.285. The standard InChI is InChI=1S/C18H25FN2O2S/c1-5-20(16(22)12(2)3)10-11-21-17(23)13(4)24-18(21)14-6-8-15(19)9-7-14/h6-9,12-13,18H,5,10-11H2,1-4H3/t13-,18-/m0/s1. The van der Waals surface area contributed by atoms with Crippen molar-refractivity contribution in [1.29, 1.82) is 0 Å². The zero-order chi connectivity index (χ0) is 17.9. The van der Waals surface area contributed by atoms with Gasteiger partial charge in [0, 0.05) is 25.6 Å². The molecule has 6 heteroatoms. The van der Waals surface area contributed by atoms with Crippen LogP contribution < -0.4 is 0 Å². The molecule has 0 aliphatic carbocycles. The number of carbonyl (C=O) groups excluding carboxylic acids is 2. The van der Waals surface area contributed by atoms with E-state index in [0.717, 1.165) is 5.56 Å². The third-order valence-electron chi connectivity index (χ3n) is 4.20. The lowest BCUT2D eigenvalue weighted by Crippen LogP contribution is -2.42. The number of rotatable bonds is 6. The lowest BCUT2D eigenvalue weighted by Gasteiger charge is -2.29. The molecule has 0 saturated carbocycles. The largest absolute Gasteiger partial charge is 0.341 e. The molecule has 24 heavy (non-hydrogen) atoms. The molecule has 0 bridgehead atoms. The van der Waals surface area contributed by atoms with E-state index in [0.29, 0.717) is 19.6 Å². The highest BCUT2D eigenvalue weighted by Crippen LogP contribution is 2.42. The summed E-state index contributed by atoms with van der Waals surface area (Å²) in [6.45, 7) is 9.23. The first-order valence-corrected chi connectivity index (χ1v) is 9.29. The van der Waals surface area contributed by atoms with E-state index in [9.17, 15) is 14.0 Å². The van der Waals surface area contributed by atoms with Crippen LogP contribution in [0.3, 0.4) is 0 Å². The van der Waals surface area contributed by atoms with Gasteiger partial charge >= 0.3 is 0 Å². The molecule has 0 N–H and O–H groups in total. The Labute approximate surface area is 147 Å². The van der Waals surface area contributed by atoms with Crippen LogP contribution in [0.4, 0.5) is 4.39 Å². The predicted octanol–water partition coefficient (Wildman–Crippen LogP) is 3.29. The van der Waals surface area contributed by atoms with Crippen molar-refractivity contribution < 1.29 is 14.0 Å². The first kappa shape index (κ1) is 18.8. The van der Waals surface area contributed by atoms with Crippen LogP contribution in [0.1, 0.15) is 38.6 Å². The average molecular weight is 352 g/mol. The molecule has 4 nitrogen and oxygen atoms in total. The number of amides is 2. The van der Waals surface area contributed by atoms with E-state index >= 15 is 0 Å². The average Bonchev–Trinajstić information content (AvgIpc) is 2.84. The van der Waals surface area contributed by atoms with Crippen LogP contribution in [0.2, 0.25) is 0 Å². The van der Waals surface area contributed by atoms with E-state index < -0.39 is 0 Å². The highest BCUT2D eigenvalue weighted by Gasteiger charge is 2.38. The molecule has 1 aliphatic rings. The lowest BCUT2D eigenvalue weighted by molar-refractivity contribution is -0.136. The first-order valence-electron chi connectivity index (χ1n) is 8.35. The first-order chi connectivity index (χ1) is 11.3. The predicted molar refractivity (Wildman–Crippen MR) is 95.0 cm³/mol. The van der Waals surface area contributed by atoms with Crippen molar-refractivity contribution in [3.05, 3.63) is 35.6 Å². The van der Waals surface area contributed by atoms with Gasteiger partial charge < -0.3 is 9.80 Å². The Hall–Kier alpha value is -1.56. The summed E-state index contributed by atoms with van der Waals surface area (Å²) in [4.78, 5) is 28.3. The number of halogens is 1. The van der Waals surface area contributed by atoms with Gasteiger partial charge in [-0.05, 0) is 31.5 Å². The molecule has 1 aromatic rings. The Bertz CT molecular complexity index is 591. The van der Waals surface area contributed by atoms with E-state index in [4.69, 9.17) is 0 Å². The zero-order valence-corrected chi connectivity index (χ0v) is 15.5. The van der Waals surface area contributed by atoms with Crippen LogP contribution in [-0.2, 0) is 9.59 Å². The molecule has 1 aromatic carbocycles. The van der Waals surface area contributed by atoms with Crippen LogP contribution in [0, 0.1) is 11.7 Å². The van der Waals surface area contributed by atoms with Crippen molar-refractivity contribution in [2.45, 2.75) is 38.3 Å². The fourth-order valence-electron chi connectivity index (χ4n) is 2.81. The summed E-state index contributed by atoms with van der Waals surface area (Å²) in [5.74, 6) is -0.168. The maximum absolute atomic E-state index is 13.2. The van der Waals surface area contributed by atoms with Crippen LogP contribution in [-0.4, -0.2) is 46.5 Å². The van der Waals surface area contributed by atoms with Gasteiger partial charge in [0.05, 0.1) is 5.25 Å². The van der Waals surface area contributed by atoms with Crippen molar-refractivity contribution in [3.63, 3.8) is 0 Å². The summed E-state index contributed by atoms with van der Waals surface area (Å²) in [7, 11) is 0. The Morgan fingerprint density at radius 1 is 1.33 bits per heavy atom. The summed E-state index contributed by atoms with van der Waals surface area (Å²) in [6.07, 6.45) is 0. The normalized spacial score (nSPS) is 20.8. The molecule has 0 unspecified atom stereocenters. The molecule has 2 amide bonds. The van der Waals surface area contributed by atoms with Gasteiger partial charge in [-0.2, -0.15) is 0 Å². The summed E-state index contributed by atoms with van der Waals surface area (Å²) in [5, 5.41) is -0.253. The van der Waals surface area contributed by atoms with Gasteiger partial charge in [0.1, 0.15) is 11.2 Å². The van der Waals surface area contributed by atoms with E-state index in [2.05, 4.69) is 0 Å². The van der Waals surface area contributed by atoms with Gasteiger partial charge in [-0.1, -0.05) is 26.0 Å². The van der Waals surface area contributed by atoms with E-state index in [1.807, 2.05) is 27.7 Å². The van der Waals surface area contributed by atoms with Crippen molar-refractivity contribution in [2.24, 2.45) is 5.92 Å². The molecule has 0 radical (unpaired) electrons. The van der Waals surface area contributed by atoms with Crippen LogP contribution in [0.25, 0.3) is 0 Å². The number of hydrogen-bond donors (Lipinski definition) is 0. The minimum absolute atomic E-state index is 0.0552. The van der Waals surface area contributed by atoms with Crippen molar-refractivity contribution in [1.82, 2.24) is 9.80 Å². The molecule has 2 atom stereocenters. The van der Waals surface area contributed by atoms with Crippen LogP contribution in [0.5, 0.6) is 0 Å². The highest BCUT2D eigenvalue weighted by atomic mass is 32.2. The molecular formula is C18H25FN2O2S. The van der Waals surface area contributed by atoms with Crippen molar-refractivity contribution >= 4 is 23.6 Å². The van der Waals surface area contributed by atoms with Gasteiger partial charge in [0.15, 0.2) is 0 Å². The number of hydrogen-bond acceptors (Lipinski definition) is 3. The Balaban J connectivity index is 2.11. The highest BCUT2D eigenvalue weighted by molar-refractivity contribution is 8.01. The second-order valence-corrected chi connectivity index (χ2v) is 7.71. The molecule has 2 rings (SSSR count). The van der Waals surface area contributed by atoms with Gasteiger partial charge in [-0.3, -0.25) is 9.59 Å². The maximum atomic E-state index is 13.2. The summed E-state index contributed by atoms with van der Waals surface area (Å²) < 4.78 is 13.2. The second kappa shape index (κ2) is 8.01. The molecular weight excluding hydrogens is 327 g/mol. The number of thioether (sulfide) groups is 1. The van der Waals surface area contributed by atoms with Gasteiger partial charge in [-0.25, -0.2) is 4.39 Å². The molecule has 1 aliphatic heterocycles. The van der Waals surface area contributed by atoms with Crippen molar-refractivity contribution in [3.8, 4) is 0 Å². The zero-order valence-electron chi connectivity index (χ0n) is 14.7. The molecule has 0 aromatic heterocycles. The van der Waals surface area contributed by atoms with Crippen molar-refractivity contribution in [2.75, 3.05) is 19.6 Å². The molecule has 1 saturated heterocycles. The molecule has 0 spiro atoms. The minimum Gasteiger partial charge on any atom is -0.341 e. The van der Waals surface area contributed by atoms with Gasteiger partial charge in [-0.15, -0.1) is 11.8 Å². The van der Waals surface area contributed by atoms with Gasteiger partial charge in [0.25, 0.3) is 0 Å². The molecule has 1 fully saturated rings. The quantitative estimate of drug-likeness (QED) is 0.789. The van der Waals surface area contributed by atoms with E-state index in [-0.39, 0.29) is 34.2 Å². The summed E-state index contributed by atoms with van der Waals surface area (Å²) in [6, 6.07) is 6.29. The number of likely N-dealkylation sites (N-methyl/N-ethyl adjacent to an activating group) is 1. The fourth-order valence-corrected chi connectivity index (χ4v) is 4.11. The lowest BCUT2D eigenvalue weighted by atomic mass is 10.2. The van der Waals surface area contributed by atoms with Crippen LogP contribution >= 0.6 is 11.8 Å². The Kier molecular flexibility index (Phi) is 6.27. The monoisotopic (exact) mass is 352 g/mol. The molecule has 1 heterocycles. The maximum Gasteiger partial charge on any atom is 0.236 e.